The molecule has 2 atom stereocenters. The molecule has 0 radical (unpaired) electrons. The molecule has 192 valence electrons. The molecule has 37 heavy (non-hydrogen) atoms. The Morgan fingerprint density at radius 2 is 1.68 bits per heavy atom. The Morgan fingerprint density at radius 3 is 2.32 bits per heavy atom. The highest BCUT2D eigenvalue weighted by molar-refractivity contribution is 6.00. The van der Waals surface area contributed by atoms with Gasteiger partial charge in [-0.25, -0.2) is 4.79 Å². The second kappa shape index (κ2) is 11.6. The number of aliphatic hydroxyl groups is 1. The number of nitrogens with one attached hydrogen (secondary N) is 2. The van der Waals surface area contributed by atoms with Crippen molar-refractivity contribution in [2.75, 3.05) is 19.0 Å². The molecule has 0 aliphatic rings. The van der Waals surface area contributed by atoms with Gasteiger partial charge in [0.15, 0.2) is 0 Å². The van der Waals surface area contributed by atoms with Gasteiger partial charge in [-0.3, -0.25) is 9.59 Å². The molecule has 0 spiro atoms. The average Bonchev–Trinajstić information content (AvgIpc) is 2.86. The number of hydrogen-bond acceptors (Lipinski definition) is 5. The van der Waals surface area contributed by atoms with Crippen molar-refractivity contribution in [2.24, 2.45) is 0 Å². The van der Waals surface area contributed by atoms with Crippen LogP contribution in [-0.2, 0) is 14.3 Å². The van der Waals surface area contributed by atoms with E-state index in [0.29, 0.717) is 16.8 Å². The van der Waals surface area contributed by atoms with Crippen LogP contribution in [0, 0.1) is 12.3 Å². The van der Waals surface area contributed by atoms with E-state index >= 15 is 0 Å². The molecule has 3 aromatic rings. The van der Waals surface area contributed by atoms with Crippen LogP contribution in [0.1, 0.15) is 37.9 Å². The molecule has 8 nitrogen and oxygen atoms in total. The molecule has 0 fully saturated rings. The zero-order chi connectivity index (χ0) is 27.2. The maximum atomic E-state index is 13.6. The molecule has 0 aliphatic heterocycles. The predicted molar refractivity (Wildman–Crippen MR) is 143 cm³/mol. The summed E-state index contributed by atoms with van der Waals surface area (Å²) in [6.07, 6.45) is 4.83. The minimum atomic E-state index is -1.34. The first-order valence-corrected chi connectivity index (χ1v) is 11.8. The third-order valence-corrected chi connectivity index (χ3v) is 5.58. The third-order valence-electron chi connectivity index (χ3n) is 5.58. The summed E-state index contributed by atoms with van der Waals surface area (Å²) in [6, 6.07) is 17.5. The monoisotopic (exact) mass is 501 g/mol. The first-order chi connectivity index (χ1) is 17.5. The molecule has 2 unspecified atom stereocenters. The van der Waals surface area contributed by atoms with Crippen LogP contribution in [0.25, 0.3) is 10.8 Å². The fraction of sp³-hybridized carbons (Fsp3) is 0.276. The summed E-state index contributed by atoms with van der Waals surface area (Å²) in [5.74, 6) is 1.35. The zero-order valence-corrected chi connectivity index (χ0v) is 21.3. The summed E-state index contributed by atoms with van der Waals surface area (Å²) in [6.45, 7) is 4.34. The fourth-order valence-electron chi connectivity index (χ4n) is 3.88. The van der Waals surface area contributed by atoms with Crippen molar-refractivity contribution in [3.05, 3.63) is 77.9 Å². The summed E-state index contributed by atoms with van der Waals surface area (Å²) in [5.41, 5.74) is 0.598. The number of anilines is 1. The largest absolute Gasteiger partial charge is 0.444 e. The number of benzene rings is 3. The van der Waals surface area contributed by atoms with Gasteiger partial charge in [0.25, 0.3) is 5.91 Å². The van der Waals surface area contributed by atoms with E-state index in [1.807, 2.05) is 36.4 Å². The number of rotatable bonds is 7. The highest BCUT2D eigenvalue weighted by Gasteiger charge is 2.35. The second-order valence-corrected chi connectivity index (χ2v) is 9.52. The standard InChI is InChI=1S/C29H31N3O5/c1-6-19-11-9-10-14-23(19)25(26(34)30-22-16-15-20-12-7-8-13-21(20)17-22)32(5)27(35)24(18-33)31-28(36)37-29(2,3)4/h1,7-17,24-25,33H,18H2,2-5H3,(H,30,34)(H,31,36). The van der Waals surface area contributed by atoms with Crippen molar-refractivity contribution in [2.45, 2.75) is 38.5 Å². The van der Waals surface area contributed by atoms with Crippen molar-refractivity contribution in [3.8, 4) is 12.3 Å². The Balaban J connectivity index is 1.93. The van der Waals surface area contributed by atoms with Gasteiger partial charge >= 0.3 is 6.09 Å². The van der Waals surface area contributed by atoms with Crippen LogP contribution in [0.15, 0.2) is 66.7 Å². The van der Waals surface area contributed by atoms with Gasteiger partial charge in [0.2, 0.25) is 5.91 Å². The number of alkyl carbamates (subject to hydrolysis) is 1. The van der Waals surface area contributed by atoms with E-state index in [4.69, 9.17) is 11.2 Å². The van der Waals surface area contributed by atoms with Gasteiger partial charge in [-0.15, -0.1) is 6.42 Å². The summed E-state index contributed by atoms with van der Waals surface area (Å²) in [7, 11) is 1.42. The Bertz CT molecular complexity index is 1340. The molecule has 0 aliphatic carbocycles. The van der Waals surface area contributed by atoms with Crippen LogP contribution in [0.5, 0.6) is 0 Å². The molecule has 3 rings (SSSR count). The first kappa shape index (κ1) is 27.2. The highest BCUT2D eigenvalue weighted by atomic mass is 16.6. The number of fused-ring (bicyclic) bond motifs is 1. The lowest BCUT2D eigenvalue weighted by Crippen LogP contribution is -2.52. The second-order valence-electron chi connectivity index (χ2n) is 9.52. The Morgan fingerprint density at radius 1 is 1.03 bits per heavy atom. The summed E-state index contributed by atoms with van der Waals surface area (Å²) in [5, 5.41) is 17.1. The van der Waals surface area contributed by atoms with Crippen molar-refractivity contribution in [1.82, 2.24) is 10.2 Å². The number of hydrogen-bond donors (Lipinski definition) is 3. The number of carbonyl (C=O) groups is 3. The van der Waals surface area contributed by atoms with Gasteiger partial charge in [0.1, 0.15) is 17.7 Å². The van der Waals surface area contributed by atoms with Crippen LogP contribution in [0.4, 0.5) is 10.5 Å². The molecule has 3 aromatic carbocycles. The van der Waals surface area contributed by atoms with E-state index in [0.717, 1.165) is 15.7 Å². The molecule has 0 saturated carbocycles. The quantitative estimate of drug-likeness (QED) is 0.427. The number of likely N-dealkylation sites (N-methyl/N-ethyl adjacent to an activating group) is 1. The van der Waals surface area contributed by atoms with Gasteiger partial charge in [0.05, 0.1) is 6.61 Å². The maximum absolute atomic E-state index is 13.6. The van der Waals surface area contributed by atoms with Gasteiger partial charge in [0, 0.05) is 18.3 Å². The molecule has 0 aromatic heterocycles. The van der Waals surface area contributed by atoms with E-state index < -0.39 is 42.2 Å². The molecule has 3 amide bonds. The van der Waals surface area contributed by atoms with E-state index in [1.165, 1.54) is 7.05 Å². The SMILES string of the molecule is C#Cc1ccccc1C(C(=O)Nc1ccc2ccccc2c1)N(C)C(=O)C(CO)NC(=O)OC(C)(C)C. The lowest BCUT2D eigenvalue weighted by molar-refractivity contribution is -0.139. The number of carbonyl (C=O) groups excluding carboxylic acids is 3. The first-order valence-electron chi connectivity index (χ1n) is 11.8. The lowest BCUT2D eigenvalue weighted by atomic mass is 9.98. The van der Waals surface area contributed by atoms with Crippen molar-refractivity contribution < 1.29 is 24.2 Å². The zero-order valence-electron chi connectivity index (χ0n) is 21.3. The summed E-state index contributed by atoms with van der Waals surface area (Å²) in [4.78, 5) is 40.4. The Hall–Kier alpha value is -4.35. The molecule has 3 N–H and O–H groups in total. The van der Waals surface area contributed by atoms with E-state index in [9.17, 15) is 19.5 Å². The van der Waals surface area contributed by atoms with Gasteiger partial charge < -0.3 is 25.4 Å². The minimum Gasteiger partial charge on any atom is -0.444 e. The van der Waals surface area contributed by atoms with Gasteiger partial charge in [-0.2, -0.15) is 0 Å². The smallest absolute Gasteiger partial charge is 0.408 e. The third kappa shape index (κ3) is 6.87. The minimum absolute atomic E-state index is 0.424. The van der Waals surface area contributed by atoms with Crippen LogP contribution in [-0.4, -0.2) is 53.2 Å². The summed E-state index contributed by atoms with van der Waals surface area (Å²) >= 11 is 0. The van der Waals surface area contributed by atoms with Crippen LogP contribution < -0.4 is 10.6 Å². The average molecular weight is 502 g/mol. The van der Waals surface area contributed by atoms with Crippen molar-refractivity contribution in [3.63, 3.8) is 0 Å². The fourth-order valence-corrected chi connectivity index (χ4v) is 3.88. The number of terminal acetylenes is 1. The van der Waals surface area contributed by atoms with E-state index in [1.54, 1.807) is 51.1 Å². The number of nitrogens with zero attached hydrogens (tertiary/aromatic N) is 1. The molecular formula is C29H31N3O5. The normalized spacial score (nSPS) is 12.6. The number of amides is 3. The molecule has 8 heteroatoms. The van der Waals surface area contributed by atoms with Crippen molar-refractivity contribution >= 4 is 34.4 Å². The summed E-state index contributed by atoms with van der Waals surface area (Å²) < 4.78 is 5.21. The topological polar surface area (TPSA) is 108 Å². The molecule has 0 saturated heterocycles. The number of ether oxygens (including phenoxy) is 1. The van der Waals surface area contributed by atoms with E-state index in [-0.39, 0.29) is 0 Å². The highest BCUT2D eigenvalue weighted by Crippen LogP contribution is 2.27. The van der Waals surface area contributed by atoms with Gasteiger partial charge in [-0.05, 0) is 55.3 Å². The molecular weight excluding hydrogens is 470 g/mol. The van der Waals surface area contributed by atoms with Crippen LogP contribution in [0.3, 0.4) is 0 Å². The van der Waals surface area contributed by atoms with Crippen molar-refractivity contribution in [1.29, 1.82) is 0 Å². The Kier molecular flexibility index (Phi) is 8.53. The van der Waals surface area contributed by atoms with Crippen LogP contribution >= 0.6 is 0 Å². The van der Waals surface area contributed by atoms with E-state index in [2.05, 4.69) is 16.6 Å². The van der Waals surface area contributed by atoms with Gasteiger partial charge in [-0.1, -0.05) is 54.5 Å². The Labute approximate surface area is 216 Å². The molecule has 0 heterocycles. The number of aliphatic hydroxyl groups excluding tert-OH is 1. The lowest BCUT2D eigenvalue weighted by Gasteiger charge is -2.31. The van der Waals surface area contributed by atoms with Crippen LogP contribution in [0.2, 0.25) is 0 Å². The molecule has 0 bridgehead atoms. The predicted octanol–water partition coefficient (Wildman–Crippen LogP) is 3.84. The maximum Gasteiger partial charge on any atom is 0.408 e.